The fraction of sp³-hybridized carbons (Fsp3) is 0.111. The van der Waals surface area contributed by atoms with Gasteiger partial charge in [0.1, 0.15) is 0 Å². The molecule has 0 unspecified atom stereocenters. The molecule has 0 aliphatic carbocycles. The fourth-order valence-corrected chi connectivity index (χ4v) is 1.32. The average Bonchev–Trinajstić information content (AvgIpc) is 2.61. The first-order valence-corrected chi connectivity index (χ1v) is 4.08. The molecule has 0 amide bonds. The number of ether oxygens (including phenoxy) is 1. The number of carboxylic acids is 1. The number of rotatable bonds is 2. The lowest BCUT2D eigenvalue weighted by Crippen LogP contribution is -1.93. The predicted molar refractivity (Wildman–Crippen MR) is 51.9 cm³/mol. The minimum Gasteiger partial charge on any atom is -0.494 e. The second kappa shape index (κ2) is 3.16. The van der Waals surface area contributed by atoms with Crippen LogP contribution >= 0.6 is 0 Å². The molecule has 2 heterocycles. The van der Waals surface area contributed by atoms with E-state index in [1.165, 1.54) is 19.4 Å². The first-order chi connectivity index (χ1) is 7.13. The molecule has 0 saturated carbocycles. The monoisotopic (exact) mass is 208 g/mol. The molecule has 0 atom stereocenters. The molecule has 0 fully saturated rings. The molecular weight excluding hydrogens is 200 g/mol. The Kier molecular flexibility index (Phi) is 1.96. The molecule has 15 heavy (non-hydrogen) atoms. The summed E-state index contributed by atoms with van der Waals surface area (Å²) in [6.45, 7) is 0. The molecule has 2 rings (SSSR count). The molecule has 0 saturated heterocycles. The molecule has 6 heteroatoms. The second-order valence-electron chi connectivity index (χ2n) is 2.88. The first kappa shape index (κ1) is 9.32. The average molecular weight is 208 g/mol. The summed E-state index contributed by atoms with van der Waals surface area (Å²) in [6, 6.07) is 1.33. The number of fused-ring (bicyclic) bond motifs is 1. The lowest BCUT2D eigenvalue weighted by atomic mass is 10.2. The second-order valence-corrected chi connectivity index (χ2v) is 2.88. The van der Waals surface area contributed by atoms with E-state index in [1.807, 2.05) is 0 Å². The van der Waals surface area contributed by atoms with Gasteiger partial charge in [-0.05, 0) is 0 Å². The quantitative estimate of drug-likeness (QED) is 0.767. The van der Waals surface area contributed by atoms with Crippen LogP contribution in [0, 0.1) is 0 Å². The van der Waals surface area contributed by atoms with Crippen LogP contribution in [0.4, 0.5) is 5.69 Å². The zero-order valence-corrected chi connectivity index (χ0v) is 7.85. The van der Waals surface area contributed by atoms with E-state index in [4.69, 9.17) is 20.0 Å². The van der Waals surface area contributed by atoms with Crippen molar-refractivity contribution in [3.63, 3.8) is 0 Å². The Balaban J connectivity index is 2.75. The van der Waals surface area contributed by atoms with Gasteiger partial charge in [0.15, 0.2) is 5.75 Å². The van der Waals surface area contributed by atoms with Gasteiger partial charge >= 0.3 is 5.97 Å². The van der Waals surface area contributed by atoms with Crippen LogP contribution in [0.1, 0.15) is 10.6 Å². The third kappa shape index (κ3) is 1.35. The third-order valence-corrected chi connectivity index (χ3v) is 1.96. The maximum Gasteiger partial charge on any atom is 0.371 e. The van der Waals surface area contributed by atoms with Gasteiger partial charge in [-0.15, -0.1) is 0 Å². The van der Waals surface area contributed by atoms with Gasteiger partial charge in [0, 0.05) is 6.07 Å². The van der Waals surface area contributed by atoms with E-state index in [9.17, 15) is 4.79 Å². The number of anilines is 1. The van der Waals surface area contributed by atoms with Gasteiger partial charge in [-0.25, -0.2) is 9.78 Å². The molecule has 0 bridgehead atoms. The van der Waals surface area contributed by atoms with Crippen molar-refractivity contribution in [3.8, 4) is 5.75 Å². The highest BCUT2D eigenvalue weighted by molar-refractivity contribution is 5.94. The summed E-state index contributed by atoms with van der Waals surface area (Å²) in [7, 11) is 1.44. The SMILES string of the molecule is COc1c(N)cnc2oc(C(=O)O)cc12. The number of aromatic carboxylic acids is 1. The maximum atomic E-state index is 10.7. The van der Waals surface area contributed by atoms with Crippen LogP contribution in [0.25, 0.3) is 11.1 Å². The van der Waals surface area contributed by atoms with Gasteiger partial charge in [0.25, 0.3) is 0 Å². The Morgan fingerprint density at radius 3 is 3.00 bits per heavy atom. The van der Waals surface area contributed by atoms with E-state index in [0.29, 0.717) is 16.8 Å². The zero-order chi connectivity index (χ0) is 11.0. The Morgan fingerprint density at radius 1 is 1.67 bits per heavy atom. The number of carbonyl (C=O) groups is 1. The van der Waals surface area contributed by atoms with Gasteiger partial charge < -0.3 is 20.0 Å². The van der Waals surface area contributed by atoms with Crippen LogP contribution in [0.5, 0.6) is 5.75 Å². The number of aromatic nitrogens is 1. The van der Waals surface area contributed by atoms with Crippen molar-refractivity contribution in [2.45, 2.75) is 0 Å². The van der Waals surface area contributed by atoms with Gasteiger partial charge in [-0.1, -0.05) is 0 Å². The maximum absolute atomic E-state index is 10.7. The van der Waals surface area contributed by atoms with Crippen molar-refractivity contribution >= 4 is 22.8 Å². The Hall–Kier alpha value is -2.24. The van der Waals surface area contributed by atoms with E-state index in [-0.39, 0.29) is 11.5 Å². The summed E-state index contributed by atoms with van der Waals surface area (Å²) in [5.41, 5.74) is 6.13. The van der Waals surface area contributed by atoms with Crippen molar-refractivity contribution in [1.29, 1.82) is 0 Å². The van der Waals surface area contributed by atoms with Crippen LogP contribution in [-0.2, 0) is 0 Å². The van der Waals surface area contributed by atoms with Crippen LogP contribution in [0.2, 0.25) is 0 Å². The number of hydrogen-bond donors (Lipinski definition) is 2. The molecule has 3 N–H and O–H groups in total. The van der Waals surface area contributed by atoms with Gasteiger partial charge in [-0.2, -0.15) is 0 Å². The number of nitrogens with zero attached hydrogens (tertiary/aromatic N) is 1. The topological polar surface area (TPSA) is 98.6 Å². The molecule has 2 aromatic rings. The van der Waals surface area contributed by atoms with E-state index < -0.39 is 5.97 Å². The molecular formula is C9H8N2O4. The highest BCUT2D eigenvalue weighted by Crippen LogP contribution is 2.31. The summed E-state index contributed by atoms with van der Waals surface area (Å²) in [5.74, 6) is -0.980. The normalized spacial score (nSPS) is 10.5. The lowest BCUT2D eigenvalue weighted by Gasteiger charge is -2.02. The molecule has 0 aromatic carbocycles. The first-order valence-electron chi connectivity index (χ1n) is 4.08. The minimum absolute atomic E-state index is 0.193. The summed E-state index contributed by atoms with van der Waals surface area (Å²) in [4.78, 5) is 14.5. The Bertz CT molecular complexity index is 532. The van der Waals surface area contributed by atoms with Crippen molar-refractivity contribution in [1.82, 2.24) is 4.98 Å². The van der Waals surface area contributed by atoms with Crippen LogP contribution < -0.4 is 10.5 Å². The molecule has 0 aliphatic rings. The van der Waals surface area contributed by atoms with E-state index in [1.54, 1.807) is 0 Å². The smallest absolute Gasteiger partial charge is 0.371 e. The van der Waals surface area contributed by atoms with E-state index in [2.05, 4.69) is 4.98 Å². The van der Waals surface area contributed by atoms with Crippen LogP contribution in [0.15, 0.2) is 16.7 Å². The molecule has 0 radical (unpaired) electrons. The van der Waals surface area contributed by atoms with E-state index >= 15 is 0 Å². The van der Waals surface area contributed by atoms with Gasteiger partial charge in [-0.3, -0.25) is 0 Å². The van der Waals surface area contributed by atoms with Crippen LogP contribution in [0.3, 0.4) is 0 Å². The molecule has 0 spiro atoms. The van der Waals surface area contributed by atoms with Crippen molar-refractivity contribution in [2.24, 2.45) is 0 Å². The fourth-order valence-electron chi connectivity index (χ4n) is 1.32. The predicted octanol–water partition coefficient (Wildman–Crippen LogP) is 1.12. The number of pyridine rings is 1. The molecule has 6 nitrogen and oxygen atoms in total. The highest BCUT2D eigenvalue weighted by Gasteiger charge is 2.16. The zero-order valence-electron chi connectivity index (χ0n) is 7.85. The minimum atomic E-state index is -1.16. The number of carboxylic acid groups (broad SMARTS) is 1. The molecule has 2 aromatic heterocycles. The number of nitrogen functional groups attached to an aromatic ring is 1. The van der Waals surface area contributed by atoms with E-state index in [0.717, 1.165) is 0 Å². The number of methoxy groups -OCH3 is 1. The van der Waals surface area contributed by atoms with Crippen molar-refractivity contribution in [2.75, 3.05) is 12.8 Å². The molecule has 78 valence electrons. The van der Waals surface area contributed by atoms with Crippen molar-refractivity contribution in [3.05, 3.63) is 18.0 Å². The summed E-state index contributed by atoms with van der Waals surface area (Å²) >= 11 is 0. The summed E-state index contributed by atoms with van der Waals surface area (Å²) in [5, 5.41) is 9.18. The molecule has 0 aliphatic heterocycles. The van der Waals surface area contributed by atoms with Crippen molar-refractivity contribution < 1.29 is 19.1 Å². The Morgan fingerprint density at radius 2 is 2.40 bits per heavy atom. The largest absolute Gasteiger partial charge is 0.494 e. The third-order valence-electron chi connectivity index (χ3n) is 1.96. The number of furan rings is 1. The standard InChI is InChI=1S/C9H8N2O4/c1-14-7-4-2-6(9(12)13)15-8(4)11-3-5(7)10/h2-3H,10H2,1H3,(H,12,13). The summed E-state index contributed by atoms with van der Waals surface area (Å²) in [6.07, 6.45) is 1.36. The van der Waals surface area contributed by atoms with Gasteiger partial charge in [0.05, 0.1) is 24.4 Å². The number of hydrogen-bond acceptors (Lipinski definition) is 5. The highest BCUT2D eigenvalue weighted by atomic mass is 16.5. The lowest BCUT2D eigenvalue weighted by molar-refractivity contribution is 0.0664. The Labute approximate surface area is 84.3 Å². The number of nitrogens with two attached hydrogens (primary N) is 1. The summed E-state index contributed by atoms with van der Waals surface area (Å²) < 4.78 is 10.0. The van der Waals surface area contributed by atoms with Crippen LogP contribution in [-0.4, -0.2) is 23.2 Å². The van der Waals surface area contributed by atoms with Gasteiger partial charge in [0.2, 0.25) is 11.5 Å².